The van der Waals surface area contributed by atoms with Crippen molar-refractivity contribution >= 4 is 17.4 Å². The number of carbonyl (C=O) groups is 2. The van der Waals surface area contributed by atoms with E-state index in [0.717, 1.165) is 5.56 Å². The van der Waals surface area contributed by atoms with E-state index in [1.807, 2.05) is 19.1 Å². The van der Waals surface area contributed by atoms with Crippen LogP contribution in [0.15, 0.2) is 48.5 Å². The summed E-state index contributed by atoms with van der Waals surface area (Å²) in [6.45, 7) is 3.31. The van der Waals surface area contributed by atoms with E-state index < -0.39 is 11.0 Å². The predicted octanol–water partition coefficient (Wildman–Crippen LogP) is 3.35. The number of Topliss-reactive ketones (excluding diaryl/α,β-unsaturated/α-hetero) is 1. The number of rotatable bonds is 6. The van der Waals surface area contributed by atoms with Gasteiger partial charge < -0.3 is 5.32 Å². The molecule has 2 aromatic rings. The van der Waals surface area contributed by atoms with Gasteiger partial charge in [0.2, 0.25) is 5.91 Å². The summed E-state index contributed by atoms with van der Waals surface area (Å²) in [5, 5.41) is 13.5. The third-order valence-electron chi connectivity index (χ3n) is 3.65. The highest BCUT2D eigenvalue weighted by molar-refractivity contribution is 5.96. The molecular weight excluding hydrogens is 308 g/mol. The molecular formula is C18H18N2O4. The second-order valence-electron chi connectivity index (χ2n) is 5.60. The van der Waals surface area contributed by atoms with Crippen LogP contribution in [0.1, 0.15) is 40.9 Å². The number of nitrogens with one attached hydrogen (secondary N) is 1. The van der Waals surface area contributed by atoms with E-state index in [9.17, 15) is 19.7 Å². The van der Waals surface area contributed by atoms with Crippen LogP contribution in [0.3, 0.4) is 0 Å². The molecule has 1 atom stereocenters. The zero-order valence-electron chi connectivity index (χ0n) is 13.5. The molecule has 1 N–H and O–H groups in total. The maximum Gasteiger partial charge on any atom is 0.269 e. The average molecular weight is 326 g/mol. The van der Waals surface area contributed by atoms with Crippen LogP contribution >= 0.6 is 0 Å². The zero-order valence-corrected chi connectivity index (χ0v) is 13.5. The van der Waals surface area contributed by atoms with Gasteiger partial charge in [0.1, 0.15) is 0 Å². The van der Waals surface area contributed by atoms with Gasteiger partial charge in [0.05, 0.1) is 11.0 Å². The van der Waals surface area contributed by atoms with Crippen LogP contribution in [0, 0.1) is 17.0 Å². The van der Waals surface area contributed by atoms with E-state index in [-0.39, 0.29) is 23.8 Å². The molecule has 0 bridgehead atoms. The molecule has 0 radical (unpaired) electrons. The van der Waals surface area contributed by atoms with Crippen molar-refractivity contribution in [1.82, 2.24) is 5.32 Å². The molecule has 0 aromatic heterocycles. The maximum atomic E-state index is 12.4. The molecule has 2 rings (SSSR count). The number of non-ortho nitro benzene ring substituents is 1. The van der Waals surface area contributed by atoms with E-state index in [2.05, 4.69) is 5.32 Å². The minimum absolute atomic E-state index is 0.0369. The second-order valence-corrected chi connectivity index (χ2v) is 5.60. The number of benzene rings is 2. The molecule has 24 heavy (non-hydrogen) atoms. The van der Waals surface area contributed by atoms with Gasteiger partial charge in [-0.1, -0.05) is 42.0 Å². The summed E-state index contributed by atoms with van der Waals surface area (Å²) in [5.74, 6) is -0.373. The van der Waals surface area contributed by atoms with E-state index in [4.69, 9.17) is 0 Å². The van der Waals surface area contributed by atoms with Crippen LogP contribution in [0.4, 0.5) is 5.69 Å². The van der Waals surface area contributed by atoms with Crippen LogP contribution < -0.4 is 5.32 Å². The molecule has 6 heteroatoms. The fraction of sp³-hybridized carbons (Fsp3) is 0.222. The molecule has 0 saturated carbocycles. The number of ketones is 1. The van der Waals surface area contributed by atoms with Crippen LogP contribution in [-0.4, -0.2) is 16.6 Å². The van der Waals surface area contributed by atoms with Crippen molar-refractivity contribution in [2.45, 2.75) is 26.3 Å². The van der Waals surface area contributed by atoms with Crippen molar-refractivity contribution in [2.75, 3.05) is 0 Å². The summed E-state index contributed by atoms with van der Waals surface area (Å²) in [6, 6.07) is 12.5. The first kappa shape index (κ1) is 17.3. The van der Waals surface area contributed by atoms with E-state index in [1.54, 1.807) is 24.3 Å². The normalized spacial score (nSPS) is 11.6. The molecule has 0 saturated heterocycles. The molecule has 1 unspecified atom stereocenters. The number of nitro benzene ring substituents is 1. The lowest BCUT2D eigenvalue weighted by atomic mass is 9.97. The molecule has 124 valence electrons. The summed E-state index contributed by atoms with van der Waals surface area (Å²) < 4.78 is 0. The van der Waals surface area contributed by atoms with Crippen molar-refractivity contribution < 1.29 is 14.5 Å². The topological polar surface area (TPSA) is 89.3 Å². The summed E-state index contributed by atoms with van der Waals surface area (Å²) in [6.07, 6.45) is 0.0838. The zero-order chi connectivity index (χ0) is 17.7. The Labute approximate surface area is 139 Å². The Morgan fingerprint density at radius 2 is 1.67 bits per heavy atom. The fourth-order valence-corrected chi connectivity index (χ4v) is 2.37. The molecule has 0 spiro atoms. The van der Waals surface area contributed by atoms with Crippen molar-refractivity contribution in [3.8, 4) is 0 Å². The highest BCUT2D eigenvalue weighted by Gasteiger charge is 2.19. The molecule has 0 aliphatic heterocycles. The van der Waals surface area contributed by atoms with Gasteiger partial charge in [-0.25, -0.2) is 0 Å². The predicted molar refractivity (Wildman–Crippen MR) is 89.8 cm³/mol. The highest BCUT2D eigenvalue weighted by atomic mass is 16.6. The SMILES string of the molecule is CC(=O)NC(CC(=O)c1ccc(C)cc1)c1ccc([N+](=O)[O-])cc1. The fourth-order valence-electron chi connectivity index (χ4n) is 2.37. The van der Waals surface area contributed by atoms with Crippen LogP contribution in [-0.2, 0) is 4.79 Å². The van der Waals surface area contributed by atoms with Crippen LogP contribution in [0.5, 0.6) is 0 Å². The number of carbonyl (C=O) groups excluding carboxylic acids is 2. The summed E-state index contributed by atoms with van der Waals surface area (Å²) in [5.41, 5.74) is 2.24. The lowest BCUT2D eigenvalue weighted by molar-refractivity contribution is -0.384. The third kappa shape index (κ3) is 4.49. The Morgan fingerprint density at radius 1 is 1.08 bits per heavy atom. The Balaban J connectivity index is 2.21. The maximum absolute atomic E-state index is 12.4. The number of nitrogens with zero attached hydrogens (tertiary/aromatic N) is 1. The Kier molecular flexibility index (Phi) is 5.42. The molecule has 2 aromatic carbocycles. The van der Waals surface area contributed by atoms with Gasteiger partial charge in [-0.15, -0.1) is 0 Å². The minimum atomic E-state index is -0.530. The molecule has 1 amide bonds. The first-order chi connectivity index (χ1) is 11.4. The quantitative estimate of drug-likeness (QED) is 0.501. The van der Waals surface area contributed by atoms with Crippen LogP contribution in [0.2, 0.25) is 0 Å². The molecule has 0 aliphatic rings. The van der Waals surface area contributed by atoms with Crippen molar-refractivity contribution in [2.24, 2.45) is 0 Å². The van der Waals surface area contributed by atoms with Gasteiger partial charge in [0, 0.05) is 31.0 Å². The number of hydrogen-bond donors (Lipinski definition) is 1. The Hall–Kier alpha value is -3.02. The van der Waals surface area contributed by atoms with Crippen LogP contribution in [0.25, 0.3) is 0 Å². The monoisotopic (exact) mass is 326 g/mol. The Bertz CT molecular complexity index is 752. The van der Waals surface area contributed by atoms with Gasteiger partial charge >= 0.3 is 0 Å². The third-order valence-corrected chi connectivity index (χ3v) is 3.65. The Morgan fingerprint density at radius 3 is 2.17 bits per heavy atom. The summed E-state index contributed by atoms with van der Waals surface area (Å²) >= 11 is 0. The minimum Gasteiger partial charge on any atom is -0.349 e. The number of aryl methyl sites for hydroxylation is 1. The molecule has 6 nitrogen and oxygen atoms in total. The first-order valence-corrected chi connectivity index (χ1v) is 7.48. The second kappa shape index (κ2) is 7.50. The number of hydrogen-bond acceptors (Lipinski definition) is 4. The lowest BCUT2D eigenvalue weighted by Crippen LogP contribution is -2.28. The average Bonchev–Trinajstić information content (AvgIpc) is 2.54. The summed E-state index contributed by atoms with van der Waals surface area (Å²) in [7, 11) is 0. The molecule has 0 heterocycles. The first-order valence-electron chi connectivity index (χ1n) is 7.48. The van der Waals surface area contributed by atoms with E-state index in [0.29, 0.717) is 11.1 Å². The molecule has 0 fully saturated rings. The molecule has 0 aliphatic carbocycles. The van der Waals surface area contributed by atoms with Gasteiger partial charge in [-0.2, -0.15) is 0 Å². The van der Waals surface area contributed by atoms with E-state index in [1.165, 1.54) is 19.1 Å². The highest BCUT2D eigenvalue weighted by Crippen LogP contribution is 2.22. The number of nitro groups is 1. The van der Waals surface area contributed by atoms with Gasteiger partial charge in [0.25, 0.3) is 5.69 Å². The largest absolute Gasteiger partial charge is 0.349 e. The van der Waals surface area contributed by atoms with Crippen molar-refractivity contribution in [1.29, 1.82) is 0 Å². The smallest absolute Gasteiger partial charge is 0.269 e. The van der Waals surface area contributed by atoms with Crippen molar-refractivity contribution in [3.63, 3.8) is 0 Å². The van der Waals surface area contributed by atoms with E-state index >= 15 is 0 Å². The lowest BCUT2D eigenvalue weighted by Gasteiger charge is -2.17. The number of amides is 1. The van der Waals surface area contributed by atoms with Gasteiger partial charge in [0.15, 0.2) is 5.78 Å². The van der Waals surface area contributed by atoms with Crippen molar-refractivity contribution in [3.05, 3.63) is 75.3 Å². The standard InChI is InChI=1S/C18H18N2O4/c1-12-3-5-15(6-4-12)18(22)11-17(19-13(2)21)14-7-9-16(10-8-14)20(23)24/h3-10,17H,11H2,1-2H3,(H,19,21). The summed E-state index contributed by atoms with van der Waals surface area (Å²) in [4.78, 5) is 34.1. The van der Waals surface area contributed by atoms with Gasteiger partial charge in [-0.3, -0.25) is 19.7 Å². The van der Waals surface area contributed by atoms with Gasteiger partial charge in [-0.05, 0) is 12.5 Å².